The van der Waals surface area contributed by atoms with Gasteiger partial charge in [0.15, 0.2) is 5.78 Å². The van der Waals surface area contributed by atoms with E-state index in [1.165, 1.54) is 25.1 Å². The smallest absolute Gasteiger partial charge is 0.271 e. The third-order valence-corrected chi connectivity index (χ3v) is 3.74. The molecular weight excluding hydrogens is 318 g/mol. The number of carbonyl (C=O) groups excluding carboxylic acids is 1. The van der Waals surface area contributed by atoms with E-state index in [2.05, 4.69) is 9.97 Å². The molecule has 1 heterocycles. The van der Waals surface area contributed by atoms with Crippen LogP contribution in [0.2, 0.25) is 0 Å². The van der Waals surface area contributed by atoms with Gasteiger partial charge >= 0.3 is 0 Å². The fourth-order valence-electron chi connectivity index (χ4n) is 2.55. The molecule has 124 valence electrons. The zero-order valence-corrected chi connectivity index (χ0v) is 13.8. The molecule has 0 fully saturated rings. The highest BCUT2D eigenvalue weighted by Gasteiger charge is 2.16. The number of hydrogen-bond acceptors (Lipinski definition) is 5. The molecule has 2 aromatic carbocycles. The summed E-state index contributed by atoms with van der Waals surface area (Å²) in [6.45, 7) is 3.36. The SMILES string of the molecule is C/C=C/c1ccc(-c2nc3cc([N+](=O)[O-])ccc3nc2C(C)=O)cc1. The van der Waals surface area contributed by atoms with E-state index in [1.54, 1.807) is 0 Å². The van der Waals surface area contributed by atoms with Crippen LogP contribution in [0.4, 0.5) is 5.69 Å². The second kappa shape index (κ2) is 6.60. The lowest BCUT2D eigenvalue weighted by Gasteiger charge is -2.08. The van der Waals surface area contributed by atoms with E-state index in [1.807, 2.05) is 43.3 Å². The number of rotatable bonds is 4. The second-order valence-corrected chi connectivity index (χ2v) is 5.53. The number of benzene rings is 2. The van der Waals surface area contributed by atoms with Crippen molar-refractivity contribution in [2.75, 3.05) is 0 Å². The lowest BCUT2D eigenvalue weighted by Crippen LogP contribution is -2.04. The van der Waals surface area contributed by atoms with Crippen LogP contribution in [0.3, 0.4) is 0 Å². The van der Waals surface area contributed by atoms with Gasteiger partial charge in [-0.15, -0.1) is 0 Å². The Morgan fingerprint density at radius 2 is 1.80 bits per heavy atom. The van der Waals surface area contributed by atoms with E-state index in [4.69, 9.17) is 0 Å². The summed E-state index contributed by atoms with van der Waals surface area (Å²) in [4.78, 5) is 31.3. The number of carbonyl (C=O) groups is 1. The molecule has 3 rings (SSSR count). The van der Waals surface area contributed by atoms with E-state index in [-0.39, 0.29) is 17.2 Å². The molecule has 0 aliphatic rings. The topological polar surface area (TPSA) is 86.0 Å². The molecule has 0 bridgehead atoms. The first kappa shape index (κ1) is 16.4. The number of allylic oxidation sites excluding steroid dienone is 1. The summed E-state index contributed by atoms with van der Waals surface area (Å²) in [5.74, 6) is -0.208. The van der Waals surface area contributed by atoms with Crippen LogP contribution in [0.25, 0.3) is 28.4 Å². The summed E-state index contributed by atoms with van der Waals surface area (Å²) in [5.41, 5.74) is 3.20. The van der Waals surface area contributed by atoms with Crippen molar-refractivity contribution < 1.29 is 9.72 Å². The number of nitro groups is 1. The largest absolute Gasteiger partial charge is 0.293 e. The fraction of sp³-hybridized carbons (Fsp3) is 0.105. The Kier molecular flexibility index (Phi) is 4.35. The van der Waals surface area contributed by atoms with Crippen molar-refractivity contribution in [2.45, 2.75) is 13.8 Å². The van der Waals surface area contributed by atoms with Crippen molar-refractivity contribution in [3.63, 3.8) is 0 Å². The molecule has 0 N–H and O–H groups in total. The number of nitrogens with zero attached hydrogens (tertiary/aromatic N) is 3. The molecule has 0 saturated carbocycles. The maximum Gasteiger partial charge on any atom is 0.271 e. The van der Waals surface area contributed by atoms with Crippen LogP contribution < -0.4 is 0 Å². The molecule has 25 heavy (non-hydrogen) atoms. The highest BCUT2D eigenvalue weighted by molar-refractivity contribution is 6.00. The number of fused-ring (bicyclic) bond motifs is 1. The molecule has 0 amide bonds. The van der Waals surface area contributed by atoms with Gasteiger partial charge in [-0.3, -0.25) is 14.9 Å². The van der Waals surface area contributed by atoms with Crippen molar-refractivity contribution in [3.8, 4) is 11.3 Å². The minimum Gasteiger partial charge on any atom is -0.293 e. The Bertz CT molecular complexity index is 1010. The van der Waals surface area contributed by atoms with Crippen LogP contribution in [0.5, 0.6) is 0 Å². The van der Waals surface area contributed by atoms with Gasteiger partial charge in [0.1, 0.15) is 11.4 Å². The number of non-ortho nitro benzene ring substituents is 1. The lowest BCUT2D eigenvalue weighted by atomic mass is 10.0. The Morgan fingerprint density at radius 1 is 1.08 bits per heavy atom. The van der Waals surface area contributed by atoms with Gasteiger partial charge in [-0.1, -0.05) is 36.4 Å². The first-order chi connectivity index (χ1) is 12.0. The molecule has 3 aromatic rings. The van der Waals surface area contributed by atoms with Crippen LogP contribution in [-0.4, -0.2) is 20.7 Å². The molecule has 0 aliphatic carbocycles. The molecule has 1 aromatic heterocycles. The van der Waals surface area contributed by atoms with Gasteiger partial charge in [-0.2, -0.15) is 0 Å². The lowest BCUT2D eigenvalue weighted by molar-refractivity contribution is -0.384. The average molecular weight is 333 g/mol. The predicted octanol–water partition coefficient (Wildman–Crippen LogP) is 4.44. The molecule has 0 aliphatic heterocycles. The minimum atomic E-state index is -0.481. The van der Waals surface area contributed by atoms with E-state index in [0.29, 0.717) is 16.7 Å². The average Bonchev–Trinajstić information content (AvgIpc) is 2.61. The number of hydrogen-bond donors (Lipinski definition) is 0. The molecule has 6 nitrogen and oxygen atoms in total. The molecule has 0 spiro atoms. The molecule has 0 atom stereocenters. The fourth-order valence-corrected chi connectivity index (χ4v) is 2.55. The van der Waals surface area contributed by atoms with Gasteiger partial charge in [-0.05, 0) is 18.6 Å². The monoisotopic (exact) mass is 333 g/mol. The third kappa shape index (κ3) is 3.28. The Balaban J connectivity index is 2.21. The summed E-state index contributed by atoms with van der Waals surface area (Å²) in [5, 5.41) is 11.0. The van der Waals surface area contributed by atoms with Gasteiger partial charge in [0, 0.05) is 24.6 Å². The van der Waals surface area contributed by atoms with Crippen LogP contribution in [-0.2, 0) is 0 Å². The molecule has 0 saturated heterocycles. The van der Waals surface area contributed by atoms with E-state index in [9.17, 15) is 14.9 Å². The van der Waals surface area contributed by atoms with Crippen molar-refractivity contribution in [2.24, 2.45) is 0 Å². The van der Waals surface area contributed by atoms with E-state index in [0.717, 1.165) is 11.1 Å². The molecule has 6 heteroatoms. The predicted molar refractivity (Wildman–Crippen MR) is 96.3 cm³/mol. The molecule has 0 unspecified atom stereocenters. The first-order valence-corrected chi connectivity index (χ1v) is 7.70. The van der Waals surface area contributed by atoms with Gasteiger partial charge in [0.05, 0.1) is 16.0 Å². The number of Topliss-reactive ketones (excluding diaryl/α,β-unsaturated/α-hetero) is 1. The van der Waals surface area contributed by atoms with E-state index >= 15 is 0 Å². The maximum absolute atomic E-state index is 12.0. The van der Waals surface area contributed by atoms with Gasteiger partial charge in [0.25, 0.3) is 5.69 Å². The van der Waals surface area contributed by atoms with Crippen LogP contribution >= 0.6 is 0 Å². The maximum atomic E-state index is 12.0. The first-order valence-electron chi connectivity index (χ1n) is 7.70. The van der Waals surface area contributed by atoms with Gasteiger partial charge in [0.2, 0.25) is 0 Å². The van der Waals surface area contributed by atoms with Crippen molar-refractivity contribution in [3.05, 3.63) is 69.9 Å². The summed E-state index contributed by atoms with van der Waals surface area (Å²) in [6.07, 6.45) is 3.90. The molecule has 0 radical (unpaired) electrons. The summed E-state index contributed by atoms with van der Waals surface area (Å²) in [6, 6.07) is 11.8. The Morgan fingerprint density at radius 3 is 2.40 bits per heavy atom. The van der Waals surface area contributed by atoms with E-state index < -0.39 is 4.92 Å². The zero-order valence-electron chi connectivity index (χ0n) is 13.8. The van der Waals surface area contributed by atoms with Gasteiger partial charge < -0.3 is 0 Å². The Hall–Kier alpha value is -3.41. The summed E-state index contributed by atoms with van der Waals surface area (Å²) >= 11 is 0. The Labute approximate surface area is 144 Å². The molecular formula is C19H15N3O3. The van der Waals surface area contributed by atoms with Crippen molar-refractivity contribution in [1.29, 1.82) is 0 Å². The second-order valence-electron chi connectivity index (χ2n) is 5.53. The van der Waals surface area contributed by atoms with Crippen molar-refractivity contribution in [1.82, 2.24) is 9.97 Å². The normalized spacial score (nSPS) is 11.1. The van der Waals surface area contributed by atoms with Crippen molar-refractivity contribution >= 4 is 28.6 Å². The standard InChI is InChI=1S/C19H15N3O3/c1-3-4-13-5-7-14(8-6-13)19-18(12(2)23)20-16-10-9-15(22(24)25)11-17(16)21-19/h3-11H,1-2H3/b4-3+. The summed E-state index contributed by atoms with van der Waals surface area (Å²) in [7, 11) is 0. The number of ketones is 1. The highest BCUT2D eigenvalue weighted by Crippen LogP contribution is 2.26. The third-order valence-electron chi connectivity index (χ3n) is 3.74. The zero-order chi connectivity index (χ0) is 18.0. The van der Waals surface area contributed by atoms with Gasteiger partial charge in [-0.25, -0.2) is 9.97 Å². The summed E-state index contributed by atoms with van der Waals surface area (Å²) < 4.78 is 0. The van der Waals surface area contributed by atoms with Crippen LogP contribution in [0.1, 0.15) is 29.9 Å². The quantitative estimate of drug-likeness (QED) is 0.400. The number of aromatic nitrogens is 2. The van der Waals surface area contributed by atoms with Crippen LogP contribution in [0.15, 0.2) is 48.5 Å². The minimum absolute atomic E-state index is 0.0632. The number of nitro benzene ring substituents is 1. The van der Waals surface area contributed by atoms with Crippen LogP contribution in [0, 0.1) is 10.1 Å². The highest BCUT2D eigenvalue weighted by atomic mass is 16.6.